The second kappa shape index (κ2) is 14.5. The molecule has 1 aliphatic rings. The Morgan fingerprint density at radius 3 is 1.32 bits per heavy atom. The molecule has 1 heterocycles. The lowest BCUT2D eigenvalue weighted by Crippen LogP contribution is -2.47. The van der Waals surface area contributed by atoms with Gasteiger partial charge < -0.3 is 20.0 Å². The summed E-state index contributed by atoms with van der Waals surface area (Å²) >= 11 is 0. The van der Waals surface area contributed by atoms with Crippen LogP contribution in [0.25, 0.3) is 0 Å². The van der Waals surface area contributed by atoms with Gasteiger partial charge in [0.25, 0.3) is 0 Å². The molecule has 0 spiro atoms. The van der Waals surface area contributed by atoms with Crippen LogP contribution in [0.15, 0.2) is 30.3 Å². The Bertz CT molecular complexity index is 958. The van der Waals surface area contributed by atoms with Crippen LogP contribution in [0.2, 0.25) is 0 Å². The van der Waals surface area contributed by atoms with E-state index in [1.165, 1.54) is 20.0 Å². The number of carbonyl (C=O) groups excluding carboxylic acids is 1. The molecule has 0 bridgehead atoms. The fraction of sp³-hybridized carbons (Fsp3) is 0.682. The van der Waals surface area contributed by atoms with E-state index in [4.69, 9.17) is 0 Å². The highest BCUT2D eigenvalue weighted by Gasteiger charge is 2.25. The first-order chi connectivity index (χ1) is 17.1. The van der Waals surface area contributed by atoms with E-state index in [1.807, 2.05) is 37.8 Å². The van der Waals surface area contributed by atoms with E-state index >= 15 is 0 Å². The zero-order chi connectivity index (χ0) is 27.7. The normalized spacial score (nSPS) is 23.1. The molecular formula is C22H42N5O7P3. The summed E-state index contributed by atoms with van der Waals surface area (Å²) < 4.78 is 36.5. The van der Waals surface area contributed by atoms with Gasteiger partial charge in [-0.15, -0.1) is 0 Å². The molecule has 0 aliphatic carbocycles. The third kappa shape index (κ3) is 15.3. The van der Waals surface area contributed by atoms with Crippen LogP contribution in [0.5, 0.6) is 0 Å². The van der Waals surface area contributed by atoms with E-state index in [-0.39, 0.29) is 31.3 Å². The van der Waals surface area contributed by atoms with Crippen LogP contribution in [0.1, 0.15) is 0 Å². The van der Waals surface area contributed by atoms with Crippen LogP contribution < -0.4 is 5.32 Å². The molecule has 1 amide bonds. The Morgan fingerprint density at radius 2 is 1.00 bits per heavy atom. The number of carbonyl (C=O) groups is 1. The van der Waals surface area contributed by atoms with Gasteiger partial charge in [-0.2, -0.15) is 0 Å². The third-order valence-electron chi connectivity index (χ3n) is 5.74. The summed E-state index contributed by atoms with van der Waals surface area (Å²) in [5.41, 5.74) is 0.682. The van der Waals surface area contributed by atoms with Crippen molar-refractivity contribution in [1.82, 2.24) is 19.6 Å². The molecule has 12 nitrogen and oxygen atoms in total. The number of rotatable bonds is 9. The lowest BCUT2D eigenvalue weighted by atomic mass is 10.3. The zero-order valence-electron chi connectivity index (χ0n) is 22.0. The molecule has 1 saturated heterocycles. The molecular weight excluding hydrogens is 539 g/mol. The lowest BCUT2D eigenvalue weighted by Gasteiger charge is -2.34. The SMILES string of the molecule is CP(=O)(O)CN1CCN(CC(=O)Nc2ccccc2)CCN(CP(C)(=O)O)CCN(CP(C)(=O)O)CC1. The summed E-state index contributed by atoms with van der Waals surface area (Å²) in [5.74, 6) is -0.198. The molecule has 2 rings (SSSR count). The van der Waals surface area contributed by atoms with Crippen LogP contribution in [-0.2, 0) is 18.5 Å². The van der Waals surface area contributed by atoms with Crippen molar-refractivity contribution in [2.75, 3.05) is 103 Å². The van der Waals surface area contributed by atoms with Gasteiger partial charge in [-0.1, -0.05) is 18.2 Å². The molecule has 37 heavy (non-hydrogen) atoms. The molecule has 0 aromatic heterocycles. The van der Waals surface area contributed by atoms with Crippen molar-refractivity contribution in [3.63, 3.8) is 0 Å². The average molecular weight is 582 g/mol. The number of para-hydroxylation sites is 1. The lowest BCUT2D eigenvalue weighted by molar-refractivity contribution is -0.117. The number of nitrogens with one attached hydrogen (secondary N) is 1. The molecule has 1 aliphatic heterocycles. The van der Waals surface area contributed by atoms with Crippen LogP contribution in [-0.4, -0.2) is 138 Å². The minimum atomic E-state index is -3.36. The quantitative estimate of drug-likeness (QED) is 0.313. The molecule has 212 valence electrons. The zero-order valence-corrected chi connectivity index (χ0v) is 24.7. The summed E-state index contributed by atoms with van der Waals surface area (Å²) in [6.45, 7) is 7.27. The number of benzene rings is 1. The van der Waals surface area contributed by atoms with E-state index < -0.39 is 22.1 Å². The Labute approximate surface area is 220 Å². The van der Waals surface area contributed by atoms with Crippen LogP contribution in [0.3, 0.4) is 0 Å². The number of hydrogen-bond acceptors (Lipinski definition) is 8. The van der Waals surface area contributed by atoms with Gasteiger partial charge in [0.05, 0.1) is 25.4 Å². The number of hydrogen-bond donors (Lipinski definition) is 4. The monoisotopic (exact) mass is 581 g/mol. The fourth-order valence-electron chi connectivity index (χ4n) is 4.20. The first-order valence-corrected chi connectivity index (χ1v) is 19.1. The molecule has 0 saturated carbocycles. The highest BCUT2D eigenvalue weighted by Crippen LogP contribution is 2.38. The van der Waals surface area contributed by atoms with Crippen molar-refractivity contribution in [3.05, 3.63) is 30.3 Å². The van der Waals surface area contributed by atoms with Gasteiger partial charge in [0, 0.05) is 78.0 Å². The van der Waals surface area contributed by atoms with Gasteiger partial charge in [-0.3, -0.25) is 38.1 Å². The van der Waals surface area contributed by atoms with Gasteiger partial charge in [-0.05, 0) is 12.1 Å². The van der Waals surface area contributed by atoms with Crippen molar-refractivity contribution in [3.8, 4) is 0 Å². The van der Waals surface area contributed by atoms with Gasteiger partial charge >= 0.3 is 0 Å². The van der Waals surface area contributed by atoms with Crippen molar-refractivity contribution in [2.24, 2.45) is 0 Å². The molecule has 1 aromatic rings. The van der Waals surface area contributed by atoms with Gasteiger partial charge in [0.2, 0.25) is 28.0 Å². The van der Waals surface area contributed by atoms with Crippen LogP contribution >= 0.6 is 22.1 Å². The van der Waals surface area contributed by atoms with Crippen LogP contribution in [0.4, 0.5) is 5.69 Å². The Kier molecular flexibility index (Phi) is 12.6. The van der Waals surface area contributed by atoms with Crippen LogP contribution in [0, 0.1) is 0 Å². The van der Waals surface area contributed by atoms with Crippen molar-refractivity contribution in [2.45, 2.75) is 0 Å². The number of anilines is 1. The standard InChI is InChI=1S/C22H42N5O7P3/c1-35(29,30)18-25-11-9-24(17-22(28)23-21-7-5-4-6-8-21)10-12-26(19-36(2,31)32)14-16-27(15-13-25)20-37(3,33)34/h4-8H,9-20H2,1-3H3,(H,23,28)(H,29,30)(H,31,32)(H,33,34). The molecule has 0 radical (unpaired) electrons. The number of amides is 1. The minimum Gasteiger partial charge on any atom is -0.344 e. The maximum absolute atomic E-state index is 12.7. The Hall–Kier alpha value is -0.900. The third-order valence-corrected chi connectivity index (χ3v) is 8.52. The summed E-state index contributed by atoms with van der Waals surface area (Å²) in [5, 5.41) is 2.87. The molecule has 15 heteroatoms. The minimum absolute atomic E-state index is 0.0243. The highest BCUT2D eigenvalue weighted by molar-refractivity contribution is 7.57. The molecule has 4 N–H and O–H groups in total. The number of nitrogens with zero attached hydrogens (tertiary/aromatic N) is 4. The van der Waals surface area contributed by atoms with Gasteiger partial charge in [0.1, 0.15) is 0 Å². The van der Waals surface area contributed by atoms with E-state index in [0.29, 0.717) is 58.0 Å². The maximum Gasteiger partial charge on any atom is 0.238 e. The van der Waals surface area contributed by atoms with E-state index in [0.717, 1.165) is 0 Å². The Balaban J connectivity index is 2.20. The smallest absolute Gasteiger partial charge is 0.238 e. The molecule has 3 atom stereocenters. The second-order valence-electron chi connectivity index (χ2n) is 10.1. The predicted molar refractivity (Wildman–Crippen MR) is 148 cm³/mol. The predicted octanol–water partition coefficient (Wildman–Crippen LogP) is 1.42. The maximum atomic E-state index is 12.7. The topological polar surface area (TPSA) is 154 Å². The van der Waals surface area contributed by atoms with E-state index in [2.05, 4.69) is 5.32 Å². The first-order valence-electron chi connectivity index (χ1n) is 12.2. The fourth-order valence-corrected chi connectivity index (χ4v) is 7.27. The summed E-state index contributed by atoms with van der Waals surface area (Å²) in [4.78, 5) is 50.2. The summed E-state index contributed by atoms with van der Waals surface area (Å²) in [7, 11) is -10.1. The first kappa shape index (κ1) is 32.3. The van der Waals surface area contributed by atoms with E-state index in [9.17, 15) is 33.2 Å². The second-order valence-corrected chi connectivity index (χ2v) is 17.3. The van der Waals surface area contributed by atoms with Gasteiger partial charge in [0.15, 0.2) is 0 Å². The molecule has 3 unspecified atom stereocenters. The average Bonchev–Trinajstić information content (AvgIpc) is 2.73. The summed E-state index contributed by atoms with van der Waals surface area (Å²) in [6, 6.07) is 9.11. The summed E-state index contributed by atoms with van der Waals surface area (Å²) in [6.07, 6.45) is -0.0841. The van der Waals surface area contributed by atoms with Crippen molar-refractivity contribution >= 4 is 33.7 Å². The van der Waals surface area contributed by atoms with Gasteiger partial charge in [-0.25, -0.2) is 0 Å². The van der Waals surface area contributed by atoms with E-state index in [1.54, 1.807) is 12.1 Å². The molecule has 1 aromatic carbocycles. The Morgan fingerprint density at radius 1 is 0.676 bits per heavy atom. The highest BCUT2D eigenvalue weighted by atomic mass is 31.2. The largest absolute Gasteiger partial charge is 0.344 e. The van der Waals surface area contributed by atoms with Crippen molar-refractivity contribution < 1.29 is 33.2 Å². The van der Waals surface area contributed by atoms with Crippen molar-refractivity contribution in [1.29, 1.82) is 0 Å². The molecule has 1 fully saturated rings.